The molecule has 11 heteroatoms. The number of furan rings is 1. The molecule has 3 aromatic heterocycles. The molecule has 0 aliphatic rings. The second kappa shape index (κ2) is 12.7. The SMILES string of the molecule is COCc1cccc(CN=C/C(=N\N)c2cc(-c3ccco3)nc(NC(=O)COc3ccccc3)n2)n1. The molecule has 0 atom stereocenters. The molecule has 0 aliphatic heterocycles. The van der Waals surface area contributed by atoms with Crippen LogP contribution in [0.25, 0.3) is 11.5 Å². The molecule has 0 spiro atoms. The van der Waals surface area contributed by atoms with E-state index in [0.29, 0.717) is 36.0 Å². The third kappa shape index (κ3) is 7.29. The summed E-state index contributed by atoms with van der Waals surface area (Å²) in [7, 11) is 1.61. The van der Waals surface area contributed by atoms with E-state index in [9.17, 15) is 4.79 Å². The van der Waals surface area contributed by atoms with Gasteiger partial charge >= 0.3 is 0 Å². The molecule has 188 valence electrons. The van der Waals surface area contributed by atoms with Gasteiger partial charge in [0.05, 0.1) is 42.7 Å². The number of anilines is 1. The van der Waals surface area contributed by atoms with Crippen molar-refractivity contribution in [2.75, 3.05) is 19.0 Å². The molecule has 3 N–H and O–H groups in total. The van der Waals surface area contributed by atoms with Gasteiger partial charge < -0.3 is 19.7 Å². The van der Waals surface area contributed by atoms with E-state index in [0.717, 1.165) is 11.4 Å². The number of aliphatic imine (C=N–C) groups is 1. The Labute approximate surface area is 213 Å². The highest BCUT2D eigenvalue weighted by Crippen LogP contribution is 2.20. The highest BCUT2D eigenvalue weighted by atomic mass is 16.5. The third-order valence-electron chi connectivity index (χ3n) is 4.89. The molecular weight excluding hydrogens is 474 g/mol. The molecule has 11 nitrogen and oxygen atoms in total. The van der Waals surface area contributed by atoms with Crippen LogP contribution >= 0.6 is 0 Å². The van der Waals surface area contributed by atoms with Gasteiger partial charge in [-0.15, -0.1) is 0 Å². The van der Waals surface area contributed by atoms with Crippen molar-refractivity contribution in [2.24, 2.45) is 15.9 Å². The van der Waals surface area contributed by atoms with Gasteiger partial charge in [0.15, 0.2) is 12.4 Å². The number of hydrogen-bond acceptors (Lipinski definition) is 10. The number of hydrogen-bond donors (Lipinski definition) is 2. The minimum absolute atomic E-state index is 0.0362. The number of ether oxygens (including phenoxy) is 2. The van der Waals surface area contributed by atoms with Gasteiger partial charge in [0.25, 0.3) is 5.91 Å². The number of rotatable bonds is 11. The lowest BCUT2D eigenvalue weighted by Crippen LogP contribution is -2.22. The molecule has 1 amide bonds. The second-order valence-electron chi connectivity index (χ2n) is 7.63. The molecule has 4 rings (SSSR count). The van der Waals surface area contributed by atoms with Crippen molar-refractivity contribution < 1.29 is 18.7 Å². The van der Waals surface area contributed by atoms with Crippen LogP contribution in [0.2, 0.25) is 0 Å². The Balaban J connectivity index is 1.51. The van der Waals surface area contributed by atoms with E-state index in [1.54, 1.807) is 37.4 Å². The number of amides is 1. The Morgan fingerprint density at radius 2 is 1.89 bits per heavy atom. The van der Waals surface area contributed by atoms with Crippen LogP contribution in [-0.2, 0) is 22.7 Å². The van der Waals surface area contributed by atoms with Gasteiger partial charge in [-0.2, -0.15) is 5.10 Å². The summed E-state index contributed by atoms with van der Waals surface area (Å²) in [6.45, 7) is 0.490. The molecule has 3 heterocycles. The first-order chi connectivity index (χ1) is 18.1. The molecule has 0 bridgehead atoms. The van der Waals surface area contributed by atoms with E-state index < -0.39 is 5.91 Å². The van der Waals surface area contributed by atoms with E-state index in [4.69, 9.17) is 19.7 Å². The second-order valence-corrected chi connectivity index (χ2v) is 7.63. The fourth-order valence-electron chi connectivity index (χ4n) is 3.25. The average Bonchev–Trinajstić information content (AvgIpc) is 3.46. The van der Waals surface area contributed by atoms with Crippen LogP contribution in [0.4, 0.5) is 5.95 Å². The molecule has 0 radical (unpaired) electrons. The minimum Gasteiger partial charge on any atom is -0.484 e. The fraction of sp³-hybridized carbons (Fsp3) is 0.154. The van der Waals surface area contributed by atoms with Crippen molar-refractivity contribution in [2.45, 2.75) is 13.2 Å². The van der Waals surface area contributed by atoms with Gasteiger partial charge in [0.1, 0.15) is 17.2 Å². The molecule has 1 aromatic carbocycles. The van der Waals surface area contributed by atoms with Crippen molar-refractivity contribution >= 4 is 23.8 Å². The predicted octanol–water partition coefficient (Wildman–Crippen LogP) is 3.23. The summed E-state index contributed by atoms with van der Waals surface area (Å²) >= 11 is 0. The Bertz CT molecular complexity index is 1370. The van der Waals surface area contributed by atoms with E-state index in [-0.39, 0.29) is 18.3 Å². The Morgan fingerprint density at radius 3 is 2.65 bits per heavy atom. The quantitative estimate of drug-likeness (QED) is 0.181. The first-order valence-corrected chi connectivity index (χ1v) is 11.3. The Hall–Kier alpha value is -4.90. The number of benzene rings is 1. The third-order valence-corrected chi connectivity index (χ3v) is 4.89. The summed E-state index contributed by atoms with van der Waals surface area (Å²) in [5.74, 6) is 6.30. The number of carbonyl (C=O) groups excluding carboxylic acids is 1. The molecular formula is C26H25N7O4. The lowest BCUT2D eigenvalue weighted by Gasteiger charge is -2.09. The number of nitrogens with two attached hydrogens (primary N) is 1. The number of nitrogens with one attached hydrogen (secondary N) is 1. The summed E-state index contributed by atoms with van der Waals surface area (Å²) in [5, 5.41) is 6.47. The molecule has 0 saturated heterocycles. The van der Waals surface area contributed by atoms with Crippen molar-refractivity contribution in [1.29, 1.82) is 0 Å². The molecule has 0 saturated carbocycles. The lowest BCUT2D eigenvalue weighted by molar-refractivity contribution is -0.118. The van der Waals surface area contributed by atoms with Gasteiger partial charge in [-0.25, -0.2) is 9.97 Å². The summed E-state index contributed by atoms with van der Waals surface area (Å²) in [5.41, 5.74) is 2.61. The van der Waals surface area contributed by atoms with Gasteiger partial charge in [0.2, 0.25) is 5.95 Å². The van der Waals surface area contributed by atoms with E-state index >= 15 is 0 Å². The predicted molar refractivity (Wildman–Crippen MR) is 138 cm³/mol. The van der Waals surface area contributed by atoms with Crippen LogP contribution in [0.1, 0.15) is 17.1 Å². The highest BCUT2D eigenvalue weighted by Gasteiger charge is 2.14. The molecule has 0 unspecified atom stereocenters. The van der Waals surface area contributed by atoms with Gasteiger partial charge in [-0.3, -0.25) is 20.1 Å². The minimum atomic E-state index is -0.437. The van der Waals surface area contributed by atoms with Gasteiger partial charge in [-0.05, 0) is 42.5 Å². The van der Waals surface area contributed by atoms with Crippen LogP contribution in [-0.4, -0.2) is 46.5 Å². The zero-order chi connectivity index (χ0) is 25.9. The number of methoxy groups -OCH3 is 1. The molecule has 37 heavy (non-hydrogen) atoms. The van der Waals surface area contributed by atoms with E-state index in [2.05, 4.69) is 30.4 Å². The maximum absolute atomic E-state index is 12.5. The van der Waals surface area contributed by atoms with Gasteiger partial charge in [-0.1, -0.05) is 24.3 Å². The Morgan fingerprint density at radius 1 is 1.05 bits per heavy atom. The standard InChI is InChI=1S/C26H25N7O4/c1-35-16-19-8-5-7-18(29-19)14-28-15-23(33-27)21-13-22(24-11-6-12-36-24)31-26(30-21)32-25(34)17-37-20-9-3-2-4-10-20/h2-13,15H,14,16-17,27H2,1H3,(H,30,31,32,34)/b28-15?,33-23+. The number of carbonyl (C=O) groups is 1. The van der Waals surface area contributed by atoms with E-state index in [1.165, 1.54) is 12.5 Å². The first-order valence-electron chi connectivity index (χ1n) is 11.3. The molecule has 4 aromatic rings. The highest BCUT2D eigenvalue weighted by molar-refractivity contribution is 6.37. The maximum Gasteiger partial charge on any atom is 0.264 e. The number of aromatic nitrogens is 3. The summed E-state index contributed by atoms with van der Waals surface area (Å²) in [6.07, 6.45) is 3.01. The van der Waals surface area contributed by atoms with Crippen molar-refractivity contribution in [3.63, 3.8) is 0 Å². The van der Waals surface area contributed by atoms with Crippen molar-refractivity contribution in [3.8, 4) is 17.2 Å². The first kappa shape index (κ1) is 25.2. The van der Waals surface area contributed by atoms with Crippen LogP contribution in [0.3, 0.4) is 0 Å². The number of nitrogens with zero attached hydrogens (tertiary/aromatic N) is 5. The normalized spacial score (nSPS) is 11.5. The fourth-order valence-corrected chi connectivity index (χ4v) is 3.25. The Kier molecular flexibility index (Phi) is 8.65. The molecule has 0 fully saturated rings. The van der Waals surface area contributed by atoms with Crippen LogP contribution in [0.15, 0.2) is 87.5 Å². The average molecular weight is 500 g/mol. The number of para-hydroxylation sites is 1. The number of pyridine rings is 1. The zero-order valence-electron chi connectivity index (χ0n) is 20.1. The summed E-state index contributed by atoms with van der Waals surface area (Å²) in [6, 6.07) is 19.7. The number of hydrazone groups is 1. The zero-order valence-corrected chi connectivity index (χ0v) is 20.1. The lowest BCUT2D eigenvalue weighted by atomic mass is 10.2. The maximum atomic E-state index is 12.5. The summed E-state index contributed by atoms with van der Waals surface area (Å²) in [4.78, 5) is 30.2. The van der Waals surface area contributed by atoms with Crippen LogP contribution in [0, 0.1) is 0 Å². The van der Waals surface area contributed by atoms with Crippen molar-refractivity contribution in [3.05, 3.63) is 90.1 Å². The van der Waals surface area contributed by atoms with E-state index in [1.807, 2.05) is 36.4 Å². The smallest absolute Gasteiger partial charge is 0.264 e. The summed E-state index contributed by atoms with van der Waals surface area (Å²) < 4.78 is 16.1. The largest absolute Gasteiger partial charge is 0.484 e. The monoisotopic (exact) mass is 499 g/mol. The van der Waals surface area contributed by atoms with Crippen LogP contribution in [0.5, 0.6) is 5.75 Å². The van der Waals surface area contributed by atoms with Gasteiger partial charge in [0, 0.05) is 7.11 Å². The van der Waals surface area contributed by atoms with Crippen molar-refractivity contribution in [1.82, 2.24) is 15.0 Å². The topological polar surface area (TPSA) is 150 Å². The molecule has 0 aliphatic carbocycles. The van der Waals surface area contributed by atoms with Crippen LogP contribution < -0.4 is 15.9 Å².